The fourth-order valence-electron chi connectivity index (χ4n) is 2.48. The second kappa shape index (κ2) is 10.0. The van der Waals surface area contributed by atoms with E-state index in [-0.39, 0.29) is 69.9 Å². The number of phenols is 2. The van der Waals surface area contributed by atoms with Gasteiger partial charge in [-0.1, -0.05) is 18.2 Å². The van der Waals surface area contributed by atoms with E-state index in [1.807, 2.05) is 0 Å². The molecule has 3 aromatic carbocycles. The molecule has 0 spiro atoms. The molecular weight excluding hydrogens is 458 g/mol. The predicted molar refractivity (Wildman–Crippen MR) is 112 cm³/mol. The number of benzene rings is 3. The zero-order valence-corrected chi connectivity index (χ0v) is 15.4. The number of aromatic hydroxyl groups is 2. The van der Waals surface area contributed by atoms with E-state index in [1.165, 1.54) is 0 Å². The fraction of sp³-hybridized carbons (Fsp3) is 0. The molecule has 0 aromatic heterocycles. The molecule has 0 radical (unpaired) electrons. The number of nitrogens with zero attached hydrogens (tertiary/aromatic N) is 2. The molecule has 3 aromatic rings. The number of hydrogen-bond donors (Lipinski definition) is 4. The van der Waals surface area contributed by atoms with E-state index in [0.29, 0.717) is 11.8 Å². The Kier molecular flexibility index (Phi) is 9.03. The van der Waals surface area contributed by atoms with Crippen LogP contribution in [0.2, 0.25) is 0 Å². The SMILES string of the molecule is O=S(=O)(O)c1cc(O)c2c(O)c(/N=N/c3ccccc3)c(S(=O)(=O)O)cc2c1.[NaH].[NaH]. The third kappa shape index (κ3) is 5.79. The summed E-state index contributed by atoms with van der Waals surface area (Å²) in [6.07, 6.45) is 0. The Morgan fingerprint density at radius 3 is 1.90 bits per heavy atom. The Morgan fingerprint density at radius 1 is 0.767 bits per heavy atom. The average molecular weight is 472 g/mol. The van der Waals surface area contributed by atoms with Crippen LogP contribution in [0.1, 0.15) is 0 Å². The maximum atomic E-state index is 11.7. The van der Waals surface area contributed by atoms with Gasteiger partial charge < -0.3 is 10.2 Å². The van der Waals surface area contributed by atoms with Gasteiger partial charge in [0.15, 0.2) is 5.75 Å². The first-order valence-electron chi connectivity index (χ1n) is 7.43. The quantitative estimate of drug-likeness (QED) is 0.253. The molecule has 0 aliphatic heterocycles. The topological polar surface area (TPSA) is 174 Å². The molecule has 150 valence electrons. The number of rotatable bonds is 4. The first kappa shape index (κ1) is 27.0. The van der Waals surface area contributed by atoms with Gasteiger partial charge in [-0.25, -0.2) is 0 Å². The summed E-state index contributed by atoms with van der Waals surface area (Å²) in [5.41, 5.74) is -0.344. The van der Waals surface area contributed by atoms with Crippen LogP contribution < -0.4 is 0 Å². The summed E-state index contributed by atoms with van der Waals surface area (Å²) in [5, 5.41) is 27.3. The molecule has 14 heteroatoms. The van der Waals surface area contributed by atoms with Crippen LogP contribution in [0.25, 0.3) is 10.8 Å². The van der Waals surface area contributed by atoms with Gasteiger partial charge in [0.2, 0.25) is 0 Å². The van der Waals surface area contributed by atoms with Crippen molar-refractivity contribution in [3.05, 3.63) is 48.5 Å². The molecule has 4 N–H and O–H groups in total. The number of fused-ring (bicyclic) bond motifs is 1. The van der Waals surface area contributed by atoms with Crippen molar-refractivity contribution in [1.29, 1.82) is 0 Å². The van der Waals surface area contributed by atoms with E-state index in [1.54, 1.807) is 30.3 Å². The summed E-state index contributed by atoms with van der Waals surface area (Å²) < 4.78 is 64.7. The number of phenolic OH excluding ortho intramolecular Hbond substituents is 2. The van der Waals surface area contributed by atoms with Gasteiger partial charge in [-0.3, -0.25) is 9.11 Å². The van der Waals surface area contributed by atoms with Gasteiger partial charge in [-0.2, -0.15) is 21.9 Å². The van der Waals surface area contributed by atoms with Crippen molar-refractivity contribution in [3.63, 3.8) is 0 Å². The van der Waals surface area contributed by atoms with Crippen LogP contribution in [0.15, 0.2) is 68.6 Å². The molecule has 0 saturated carbocycles. The zero-order chi connectivity index (χ0) is 20.7. The van der Waals surface area contributed by atoms with Gasteiger partial charge in [-0.15, -0.1) is 5.11 Å². The van der Waals surface area contributed by atoms with Crippen LogP contribution in [-0.4, -0.2) is 95.3 Å². The van der Waals surface area contributed by atoms with E-state index in [2.05, 4.69) is 10.2 Å². The van der Waals surface area contributed by atoms with E-state index in [9.17, 15) is 31.6 Å². The van der Waals surface area contributed by atoms with Crippen molar-refractivity contribution in [1.82, 2.24) is 0 Å². The van der Waals surface area contributed by atoms with Crippen molar-refractivity contribution in [2.45, 2.75) is 9.79 Å². The third-order valence-corrected chi connectivity index (χ3v) is 5.40. The van der Waals surface area contributed by atoms with Gasteiger partial charge in [0.05, 0.1) is 16.0 Å². The molecule has 0 unspecified atom stereocenters. The molecule has 0 aliphatic rings. The summed E-state index contributed by atoms with van der Waals surface area (Å²) in [5.74, 6) is -1.62. The van der Waals surface area contributed by atoms with Crippen LogP contribution in [0.4, 0.5) is 11.4 Å². The van der Waals surface area contributed by atoms with E-state index >= 15 is 0 Å². The standard InChI is InChI=1S/C16H12N2O8S2.2Na.2H/c19-12-8-11(27(21,22)23)6-9-7-13(28(24,25)26)15(16(20)14(9)12)18-17-10-4-2-1-3-5-10;;;;/h1-8,19-20H,(H,21,22,23)(H,24,25,26);;;;/b18-17+;;;;. The molecule has 10 nitrogen and oxygen atoms in total. The summed E-state index contributed by atoms with van der Waals surface area (Å²) >= 11 is 0. The predicted octanol–water partition coefficient (Wildman–Crippen LogP) is 1.86. The number of hydrogen-bond acceptors (Lipinski definition) is 8. The van der Waals surface area contributed by atoms with Crippen LogP contribution in [0.3, 0.4) is 0 Å². The molecule has 0 aliphatic carbocycles. The second-order valence-corrected chi connectivity index (χ2v) is 8.41. The second-order valence-electron chi connectivity index (χ2n) is 5.60. The van der Waals surface area contributed by atoms with Crippen LogP contribution in [-0.2, 0) is 20.2 Å². The third-order valence-electron chi connectivity index (χ3n) is 3.70. The Hall–Kier alpha value is -1.06. The van der Waals surface area contributed by atoms with Gasteiger partial charge in [-0.05, 0) is 29.7 Å². The Morgan fingerprint density at radius 2 is 1.37 bits per heavy atom. The fourth-order valence-corrected chi connectivity index (χ4v) is 3.68. The van der Waals surface area contributed by atoms with Crippen molar-refractivity contribution in [2.75, 3.05) is 0 Å². The van der Waals surface area contributed by atoms with Crippen molar-refractivity contribution in [3.8, 4) is 11.5 Å². The summed E-state index contributed by atoms with van der Waals surface area (Å²) in [7, 11) is -9.65. The van der Waals surface area contributed by atoms with Crippen molar-refractivity contribution in [2.24, 2.45) is 10.2 Å². The van der Waals surface area contributed by atoms with Gasteiger partial charge in [0.1, 0.15) is 16.3 Å². The molecule has 0 bridgehead atoms. The summed E-state index contributed by atoms with van der Waals surface area (Å²) in [6.45, 7) is 0. The Labute approximate surface area is 215 Å². The zero-order valence-electron chi connectivity index (χ0n) is 13.8. The number of azo groups is 1. The maximum absolute atomic E-state index is 11.7. The van der Waals surface area contributed by atoms with Crippen molar-refractivity contribution >= 4 is 101 Å². The molecule has 0 atom stereocenters. The molecule has 0 fully saturated rings. The molecule has 30 heavy (non-hydrogen) atoms. The summed E-state index contributed by atoms with van der Waals surface area (Å²) in [4.78, 5) is -1.61. The average Bonchev–Trinajstić information content (AvgIpc) is 2.59. The Bertz CT molecular complexity index is 1330. The monoisotopic (exact) mass is 472 g/mol. The normalized spacial score (nSPS) is 11.8. The molecule has 3 rings (SSSR count). The van der Waals surface area contributed by atoms with E-state index in [0.717, 1.165) is 12.1 Å². The first-order chi connectivity index (χ1) is 13.0. The van der Waals surface area contributed by atoms with Crippen LogP contribution in [0, 0.1) is 0 Å². The van der Waals surface area contributed by atoms with Gasteiger partial charge in [0.25, 0.3) is 20.2 Å². The molecule has 0 heterocycles. The van der Waals surface area contributed by atoms with Gasteiger partial charge >= 0.3 is 59.1 Å². The molecule has 0 saturated heterocycles. The van der Waals surface area contributed by atoms with E-state index in [4.69, 9.17) is 4.55 Å². The minimum atomic E-state index is -4.92. The first-order valence-corrected chi connectivity index (χ1v) is 10.3. The molecular formula is C16H14N2Na2O8S2. The van der Waals surface area contributed by atoms with Crippen LogP contribution in [0.5, 0.6) is 11.5 Å². The van der Waals surface area contributed by atoms with Crippen molar-refractivity contribution < 1.29 is 36.2 Å². The van der Waals surface area contributed by atoms with Gasteiger partial charge in [0, 0.05) is 6.07 Å². The molecule has 0 amide bonds. The van der Waals surface area contributed by atoms with E-state index < -0.39 is 47.2 Å². The minimum absolute atomic E-state index is 0. The van der Waals surface area contributed by atoms with Crippen LogP contribution >= 0.6 is 0 Å². The Balaban J connectivity index is 0.00000225. The summed E-state index contributed by atoms with van der Waals surface area (Å²) in [6, 6.07) is 10.4.